The van der Waals surface area contributed by atoms with Gasteiger partial charge >= 0.3 is 12.0 Å². The van der Waals surface area contributed by atoms with Crippen LogP contribution in [0.25, 0.3) is 0 Å². The predicted molar refractivity (Wildman–Crippen MR) is 81.9 cm³/mol. The third-order valence-electron chi connectivity index (χ3n) is 2.66. The number of urea groups is 1. The SMILES string of the molecule is CC(C)C[C@H](NC(=O)Nc1ccc(C#N)cc1Br)C(=O)O. The highest BCUT2D eigenvalue weighted by Crippen LogP contribution is 2.23. The summed E-state index contributed by atoms with van der Waals surface area (Å²) in [7, 11) is 0. The molecule has 0 fully saturated rings. The summed E-state index contributed by atoms with van der Waals surface area (Å²) >= 11 is 3.24. The first kappa shape index (κ1) is 17.0. The van der Waals surface area contributed by atoms with Gasteiger partial charge < -0.3 is 15.7 Å². The van der Waals surface area contributed by atoms with Gasteiger partial charge in [0.1, 0.15) is 6.04 Å². The molecule has 0 unspecified atom stereocenters. The maximum atomic E-state index is 11.8. The van der Waals surface area contributed by atoms with E-state index in [2.05, 4.69) is 26.6 Å². The van der Waals surface area contributed by atoms with Crippen LogP contribution in [0.1, 0.15) is 25.8 Å². The van der Waals surface area contributed by atoms with Crippen LogP contribution in [0.3, 0.4) is 0 Å². The molecule has 0 bridgehead atoms. The van der Waals surface area contributed by atoms with E-state index in [0.29, 0.717) is 22.1 Å². The average Bonchev–Trinajstić information content (AvgIpc) is 2.39. The number of carboxylic acid groups (broad SMARTS) is 1. The number of carbonyl (C=O) groups excluding carboxylic acids is 1. The zero-order chi connectivity index (χ0) is 16.0. The molecule has 0 radical (unpaired) electrons. The number of amides is 2. The van der Waals surface area contributed by atoms with Crippen LogP contribution in [0, 0.1) is 17.2 Å². The summed E-state index contributed by atoms with van der Waals surface area (Å²) in [6, 6.07) is 5.13. The Kier molecular flexibility index (Phi) is 6.18. The molecule has 6 nitrogen and oxygen atoms in total. The van der Waals surface area contributed by atoms with Crippen molar-refractivity contribution in [3.05, 3.63) is 28.2 Å². The topological polar surface area (TPSA) is 102 Å². The number of hydrogen-bond donors (Lipinski definition) is 3. The van der Waals surface area contributed by atoms with Crippen LogP contribution in [0.2, 0.25) is 0 Å². The van der Waals surface area contributed by atoms with Crippen LogP contribution in [0.4, 0.5) is 10.5 Å². The highest BCUT2D eigenvalue weighted by atomic mass is 79.9. The number of rotatable bonds is 5. The minimum absolute atomic E-state index is 0.146. The van der Waals surface area contributed by atoms with Crippen molar-refractivity contribution in [3.8, 4) is 6.07 Å². The van der Waals surface area contributed by atoms with Crippen molar-refractivity contribution >= 4 is 33.6 Å². The summed E-state index contributed by atoms with van der Waals surface area (Å²) in [5.74, 6) is -0.925. The minimum Gasteiger partial charge on any atom is -0.480 e. The molecule has 21 heavy (non-hydrogen) atoms. The smallest absolute Gasteiger partial charge is 0.326 e. The van der Waals surface area contributed by atoms with Crippen molar-refractivity contribution in [1.29, 1.82) is 5.26 Å². The molecular weight excluding hydrogens is 338 g/mol. The molecule has 0 heterocycles. The van der Waals surface area contributed by atoms with Crippen molar-refractivity contribution in [2.45, 2.75) is 26.3 Å². The second-order valence-electron chi connectivity index (χ2n) is 4.93. The number of carbonyl (C=O) groups is 2. The average molecular weight is 354 g/mol. The van der Waals surface area contributed by atoms with Gasteiger partial charge in [-0.1, -0.05) is 13.8 Å². The molecule has 0 aromatic heterocycles. The first-order valence-corrected chi connectivity index (χ1v) is 7.12. The summed E-state index contributed by atoms with van der Waals surface area (Å²) in [5.41, 5.74) is 0.913. The Morgan fingerprint density at radius 1 is 1.43 bits per heavy atom. The molecule has 0 aliphatic heterocycles. The molecule has 112 valence electrons. The summed E-state index contributed by atoms with van der Waals surface area (Å²) in [6.07, 6.45) is 0.345. The van der Waals surface area contributed by atoms with Crippen molar-refractivity contribution in [1.82, 2.24) is 5.32 Å². The van der Waals surface area contributed by atoms with Crippen LogP contribution in [-0.2, 0) is 4.79 Å². The third kappa shape index (κ3) is 5.44. The van der Waals surface area contributed by atoms with Crippen molar-refractivity contribution in [3.63, 3.8) is 0 Å². The van der Waals surface area contributed by atoms with Crippen molar-refractivity contribution < 1.29 is 14.7 Å². The van der Waals surface area contributed by atoms with E-state index >= 15 is 0 Å². The zero-order valence-corrected chi connectivity index (χ0v) is 13.3. The van der Waals surface area contributed by atoms with Crippen LogP contribution < -0.4 is 10.6 Å². The van der Waals surface area contributed by atoms with E-state index in [0.717, 1.165) is 0 Å². The van der Waals surface area contributed by atoms with Gasteiger partial charge in [0, 0.05) is 4.47 Å². The van der Waals surface area contributed by atoms with E-state index in [1.54, 1.807) is 18.2 Å². The van der Waals surface area contributed by atoms with E-state index in [4.69, 9.17) is 10.4 Å². The molecule has 1 rings (SSSR count). The van der Waals surface area contributed by atoms with Gasteiger partial charge in [-0.05, 0) is 46.5 Å². The normalized spacial score (nSPS) is 11.6. The number of halogens is 1. The fourth-order valence-corrected chi connectivity index (χ4v) is 2.17. The second-order valence-corrected chi connectivity index (χ2v) is 5.78. The Labute approximate surface area is 131 Å². The molecule has 0 aliphatic carbocycles. The van der Waals surface area contributed by atoms with Crippen LogP contribution in [0.15, 0.2) is 22.7 Å². The highest BCUT2D eigenvalue weighted by molar-refractivity contribution is 9.10. The standard InChI is InChI=1S/C14H16BrN3O3/c1-8(2)5-12(13(19)20)18-14(21)17-11-4-3-9(7-16)6-10(11)15/h3-4,6,8,12H,5H2,1-2H3,(H,19,20)(H2,17,18,21)/t12-/m0/s1. The Balaban J connectivity index is 2.72. The lowest BCUT2D eigenvalue weighted by Gasteiger charge is -2.17. The van der Waals surface area contributed by atoms with Gasteiger partial charge in [-0.25, -0.2) is 9.59 Å². The van der Waals surface area contributed by atoms with Gasteiger partial charge in [0.15, 0.2) is 0 Å². The number of nitriles is 1. The Morgan fingerprint density at radius 2 is 2.10 bits per heavy atom. The molecule has 0 spiro atoms. The molecule has 1 aromatic carbocycles. The van der Waals surface area contributed by atoms with Gasteiger partial charge in [-0.3, -0.25) is 0 Å². The largest absolute Gasteiger partial charge is 0.480 e. The first-order chi connectivity index (χ1) is 9.83. The third-order valence-corrected chi connectivity index (χ3v) is 3.31. The summed E-state index contributed by atoms with van der Waals surface area (Å²) in [6.45, 7) is 3.76. The maximum Gasteiger partial charge on any atom is 0.326 e. The van der Waals surface area contributed by atoms with Crippen LogP contribution in [-0.4, -0.2) is 23.1 Å². The van der Waals surface area contributed by atoms with Crippen LogP contribution in [0.5, 0.6) is 0 Å². The number of aliphatic carboxylic acids is 1. The molecule has 1 aromatic rings. The Morgan fingerprint density at radius 3 is 2.57 bits per heavy atom. The lowest BCUT2D eigenvalue weighted by atomic mass is 10.0. The Bertz CT molecular complexity index is 581. The number of nitrogens with zero attached hydrogens (tertiary/aromatic N) is 1. The summed E-state index contributed by atoms with van der Waals surface area (Å²) < 4.78 is 0.549. The number of hydrogen-bond acceptors (Lipinski definition) is 3. The highest BCUT2D eigenvalue weighted by Gasteiger charge is 2.21. The molecule has 0 aliphatic rings. The van der Waals surface area contributed by atoms with Gasteiger partial charge in [0.2, 0.25) is 0 Å². The quantitative estimate of drug-likeness (QED) is 0.756. The minimum atomic E-state index is -1.07. The second kappa shape index (κ2) is 7.64. The van der Waals surface area contributed by atoms with Crippen molar-refractivity contribution in [2.75, 3.05) is 5.32 Å². The molecule has 0 saturated heterocycles. The molecule has 2 amide bonds. The lowest BCUT2D eigenvalue weighted by molar-refractivity contribution is -0.139. The molecule has 3 N–H and O–H groups in total. The molecule has 0 saturated carbocycles. The van der Waals surface area contributed by atoms with Gasteiger partial charge in [0.05, 0.1) is 17.3 Å². The van der Waals surface area contributed by atoms with Crippen LogP contribution >= 0.6 is 15.9 Å². The first-order valence-electron chi connectivity index (χ1n) is 6.33. The van der Waals surface area contributed by atoms with E-state index in [9.17, 15) is 9.59 Å². The fourth-order valence-electron chi connectivity index (χ4n) is 1.70. The van der Waals surface area contributed by atoms with Crippen molar-refractivity contribution in [2.24, 2.45) is 5.92 Å². The summed E-state index contributed by atoms with van der Waals surface area (Å²) in [4.78, 5) is 22.9. The maximum absolute atomic E-state index is 11.8. The van der Waals surface area contributed by atoms with Gasteiger partial charge in [-0.15, -0.1) is 0 Å². The van der Waals surface area contributed by atoms with E-state index in [-0.39, 0.29) is 5.92 Å². The predicted octanol–water partition coefficient (Wildman–Crippen LogP) is 2.94. The van der Waals surface area contributed by atoms with E-state index in [1.165, 1.54) is 0 Å². The molecule has 1 atom stereocenters. The van der Waals surface area contributed by atoms with Gasteiger partial charge in [-0.2, -0.15) is 5.26 Å². The Hall–Kier alpha value is -2.07. The van der Waals surface area contributed by atoms with E-state index in [1.807, 2.05) is 19.9 Å². The monoisotopic (exact) mass is 353 g/mol. The molecule has 7 heteroatoms. The number of anilines is 1. The fraction of sp³-hybridized carbons (Fsp3) is 0.357. The number of benzene rings is 1. The summed E-state index contributed by atoms with van der Waals surface area (Å²) in [5, 5.41) is 22.8. The number of carboxylic acids is 1. The molecular formula is C14H16BrN3O3. The van der Waals surface area contributed by atoms with Gasteiger partial charge in [0.25, 0.3) is 0 Å². The van der Waals surface area contributed by atoms with E-state index < -0.39 is 18.0 Å². The number of nitrogens with one attached hydrogen (secondary N) is 2. The zero-order valence-electron chi connectivity index (χ0n) is 11.7. The lowest BCUT2D eigenvalue weighted by Crippen LogP contribution is -2.43.